The van der Waals surface area contributed by atoms with Gasteiger partial charge in [-0.25, -0.2) is 0 Å². The second-order valence-corrected chi connectivity index (χ2v) is 6.97. The van der Waals surface area contributed by atoms with Gasteiger partial charge in [0.1, 0.15) is 5.75 Å². The van der Waals surface area contributed by atoms with E-state index in [4.69, 9.17) is 0 Å². The number of nitrogens with zero attached hydrogens (tertiary/aromatic N) is 1. The fourth-order valence-corrected chi connectivity index (χ4v) is 3.54. The van der Waals surface area contributed by atoms with E-state index in [0.717, 1.165) is 31.5 Å². The number of phenolic OH excluding ortho intramolecular Hbond substituents is 1. The minimum atomic E-state index is 0.0908. The zero-order valence-electron chi connectivity index (χ0n) is 13.6. The molecule has 0 fully saturated rings. The topological polar surface area (TPSA) is 52.6 Å². The third-order valence-electron chi connectivity index (χ3n) is 4.17. The van der Waals surface area contributed by atoms with Gasteiger partial charge in [0, 0.05) is 24.5 Å². The Morgan fingerprint density at radius 2 is 2.08 bits per heavy atom. The molecule has 0 spiro atoms. The minimum absolute atomic E-state index is 0.0908. The van der Waals surface area contributed by atoms with Gasteiger partial charge in [0.15, 0.2) is 0 Å². The third-order valence-corrected chi connectivity index (χ3v) is 5.11. The van der Waals surface area contributed by atoms with Crippen molar-refractivity contribution in [1.29, 1.82) is 0 Å². The lowest BCUT2D eigenvalue weighted by molar-refractivity contribution is -0.122. The lowest BCUT2D eigenvalue weighted by Gasteiger charge is -2.25. The molecule has 1 aliphatic heterocycles. The second kappa shape index (κ2) is 8.13. The van der Waals surface area contributed by atoms with Crippen molar-refractivity contribution in [3.05, 3.63) is 58.3 Å². The molecule has 0 saturated carbocycles. The molecule has 0 saturated heterocycles. The number of aromatic hydroxyl groups is 1. The first-order valence-corrected chi connectivity index (χ1v) is 9.08. The Morgan fingerprint density at radius 3 is 2.75 bits per heavy atom. The quantitative estimate of drug-likeness (QED) is 0.849. The Hall–Kier alpha value is -2.11. The molecule has 1 aliphatic rings. The fraction of sp³-hybridized carbons (Fsp3) is 0.316. The van der Waals surface area contributed by atoms with E-state index in [1.807, 2.05) is 18.2 Å². The summed E-state index contributed by atoms with van der Waals surface area (Å²) >= 11 is 1.72. The largest absolute Gasteiger partial charge is 0.508 e. The molecule has 0 aliphatic carbocycles. The summed E-state index contributed by atoms with van der Waals surface area (Å²) in [5.41, 5.74) is 2.43. The van der Waals surface area contributed by atoms with Gasteiger partial charge in [-0.05, 0) is 47.6 Å². The van der Waals surface area contributed by atoms with E-state index in [-0.39, 0.29) is 11.7 Å². The van der Waals surface area contributed by atoms with Crippen LogP contribution in [0.1, 0.15) is 16.9 Å². The number of benzene rings is 1. The Morgan fingerprint density at radius 1 is 1.25 bits per heavy atom. The fourth-order valence-electron chi connectivity index (χ4n) is 2.83. The smallest absolute Gasteiger partial charge is 0.234 e. The molecule has 0 atom stereocenters. The summed E-state index contributed by atoms with van der Waals surface area (Å²) in [5, 5.41) is 14.4. The van der Waals surface area contributed by atoms with Gasteiger partial charge in [0.25, 0.3) is 0 Å². The summed E-state index contributed by atoms with van der Waals surface area (Å²) in [6.07, 6.45) is 4.00. The molecule has 3 rings (SSSR count). The Labute approximate surface area is 146 Å². The molecule has 126 valence electrons. The molecule has 1 amide bonds. The Bertz CT molecular complexity index is 693. The Kier molecular flexibility index (Phi) is 5.67. The van der Waals surface area contributed by atoms with Crippen molar-refractivity contribution in [2.24, 2.45) is 0 Å². The van der Waals surface area contributed by atoms with Crippen molar-refractivity contribution < 1.29 is 9.90 Å². The molecule has 1 aromatic heterocycles. The SMILES string of the molecule is O=C(CN1CC=C(c2ccc(O)cc2)CC1)NCCc1cccs1. The summed E-state index contributed by atoms with van der Waals surface area (Å²) in [6.45, 7) is 2.81. The predicted octanol–water partition coefficient (Wildman–Crippen LogP) is 2.90. The van der Waals surface area contributed by atoms with Crippen LogP contribution in [0.5, 0.6) is 5.75 Å². The van der Waals surface area contributed by atoms with E-state index >= 15 is 0 Å². The summed E-state index contributed by atoms with van der Waals surface area (Å²) in [4.78, 5) is 15.5. The van der Waals surface area contributed by atoms with Crippen molar-refractivity contribution in [3.8, 4) is 5.75 Å². The van der Waals surface area contributed by atoms with Crippen LogP contribution in [0.4, 0.5) is 0 Å². The van der Waals surface area contributed by atoms with E-state index in [1.54, 1.807) is 23.5 Å². The number of rotatable bonds is 6. The van der Waals surface area contributed by atoms with E-state index in [0.29, 0.717) is 13.1 Å². The summed E-state index contributed by atoms with van der Waals surface area (Å²) in [5.74, 6) is 0.379. The predicted molar refractivity (Wildman–Crippen MR) is 98.2 cm³/mol. The van der Waals surface area contributed by atoms with Crippen molar-refractivity contribution in [1.82, 2.24) is 10.2 Å². The summed E-state index contributed by atoms with van der Waals surface area (Å²) < 4.78 is 0. The number of amides is 1. The maximum Gasteiger partial charge on any atom is 0.234 e. The summed E-state index contributed by atoms with van der Waals surface area (Å²) in [7, 11) is 0. The molecule has 0 radical (unpaired) electrons. The summed E-state index contributed by atoms with van der Waals surface area (Å²) in [6, 6.07) is 11.4. The van der Waals surface area contributed by atoms with Crippen LogP contribution in [0, 0.1) is 0 Å². The number of thiophene rings is 1. The molecule has 5 heteroatoms. The number of phenols is 1. The molecule has 4 nitrogen and oxygen atoms in total. The molecular weight excluding hydrogens is 320 g/mol. The van der Waals surface area contributed by atoms with Gasteiger partial charge in [-0.2, -0.15) is 0 Å². The van der Waals surface area contributed by atoms with Gasteiger partial charge in [0.2, 0.25) is 5.91 Å². The molecule has 1 aromatic carbocycles. The van der Waals surface area contributed by atoms with Gasteiger partial charge in [-0.15, -0.1) is 11.3 Å². The van der Waals surface area contributed by atoms with Gasteiger partial charge < -0.3 is 10.4 Å². The highest BCUT2D eigenvalue weighted by molar-refractivity contribution is 7.09. The van der Waals surface area contributed by atoms with Crippen LogP contribution < -0.4 is 5.32 Å². The number of nitrogens with one attached hydrogen (secondary N) is 1. The monoisotopic (exact) mass is 342 g/mol. The normalized spacial score (nSPS) is 15.1. The molecule has 2 N–H and O–H groups in total. The number of carbonyl (C=O) groups excluding carboxylic acids is 1. The molecular formula is C19H22N2O2S. The molecule has 2 heterocycles. The van der Waals surface area contributed by atoms with Crippen molar-refractivity contribution in [2.75, 3.05) is 26.2 Å². The lowest BCUT2D eigenvalue weighted by atomic mass is 9.99. The highest BCUT2D eigenvalue weighted by Crippen LogP contribution is 2.23. The first-order chi connectivity index (χ1) is 11.7. The van der Waals surface area contributed by atoms with Crippen molar-refractivity contribution >= 4 is 22.8 Å². The number of hydrogen-bond acceptors (Lipinski definition) is 4. The van der Waals surface area contributed by atoms with E-state index in [2.05, 4.69) is 27.7 Å². The van der Waals surface area contributed by atoms with E-state index < -0.39 is 0 Å². The van der Waals surface area contributed by atoms with Crippen LogP contribution in [-0.2, 0) is 11.2 Å². The molecule has 2 aromatic rings. The maximum absolute atomic E-state index is 12.0. The highest BCUT2D eigenvalue weighted by Gasteiger charge is 2.15. The third kappa shape index (κ3) is 4.69. The average Bonchev–Trinajstić information content (AvgIpc) is 3.10. The minimum Gasteiger partial charge on any atom is -0.508 e. The molecule has 0 unspecified atom stereocenters. The second-order valence-electron chi connectivity index (χ2n) is 5.94. The van der Waals surface area contributed by atoms with Crippen LogP contribution in [0.15, 0.2) is 47.9 Å². The maximum atomic E-state index is 12.0. The van der Waals surface area contributed by atoms with Gasteiger partial charge in [-0.1, -0.05) is 24.3 Å². The van der Waals surface area contributed by atoms with Gasteiger partial charge in [-0.3, -0.25) is 9.69 Å². The van der Waals surface area contributed by atoms with Gasteiger partial charge >= 0.3 is 0 Å². The van der Waals surface area contributed by atoms with Crippen LogP contribution >= 0.6 is 11.3 Å². The van der Waals surface area contributed by atoms with Gasteiger partial charge in [0.05, 0.1) is 6.54 Å². The first kappa shape index (κ1) is 16.7. The standard InChI is InChI=1S/C19H22N2O2S/c22-17-5-3-15(4-6-17)16-8-11-21(12-9-16)14-19(23)20-10-7-18-2-1-13-24-18/h1-6,8,13,22H,7,9-12,14H2,(H,20,23). The molecule has 0 bridgehead atoms. The van der Waals surface area contributed by atoms with E-state index in [1.165, 1.54) is 10.5 Å². The van der Waals surface area contributed by atoms with Crippen LogP contribution in [0.3, 0.4) is 0 Å². The zero-order chi connectivity index (χ0) is 16.8. The first-order valence-electron chi connectivity index (χ1n) is 8.20. The van der Waals surface area contributed by atoms with Crippen LogP contribution in [0.2, 0.25) is 0 Å². The number of hydrogen-bond donors (Lipinski definition) is 2. The number of carbonyl (C=O) groups is 1. The van der Waals surface area contributed by atoms with Crippen molar-refractivity contribution in [3.63, 3.8) is 0 Å². The van der Waals surface area contributed by atoms with Crippen molar-refractivity contribution in [2.45, 2.75) is 12.8 Å². The van der Waals surface area contributed by atoms with Crippen LogP contribution in [0.25, 0.3) is 5.57 Å². The molecule has 24 heavy (non-hydrogen) atoms. The Balaban J connectivity index is 1.42. The zero-order valence-corrected chi connectivity index (χ0v) is 14.4. The lowest BCUT2D eigenvalue weighted by Crippen LogP contribution is -2.39. The highest BCUT2D eigenvalue weighted by atomic mass is 32.1. The average molecular weight is 342 g/mol. The van der Waals surface area contributed by atoms with Crippen LogP contribution in [-0.4, -0.2) is 42.1 Å². The van der Waals surface area contributed by atoms with E-state index in [9.17, 15) is 9.90 Å².